The molecule has 1 aliphatic rings. The number of ether oxygens (including phenoxy) is 1. The second-order valence-electron chi connectivity index (χ2n) is 7.22. The van der Waals surface area contributed by atoms with Crippen molar-refractivity contribution in [3.05, 3.63) is 36.4 Å². The molecule has 0 saturated carbocycles. The van der Waals surface area contributed by atoms with Gasteiger partial charge < -0.3 is 21.5 Å². The maximum Gasteiger partial charge on any atom is 0.204 e. The number of hydrogen-bond donors (Lipinski definition) is 3. The average molecular weight is 525 g/mol. The third-order valence-electron chi connectivity index (χ3n) is 5.07. The van der Waals surface area contributed by atoms with Crippen LogP contribution in [0.3, 0.4) is 0 Å². The molecule has 8 nitrogen and oxygen atoms in total. The Hall–Kier alpha value is -2.49. The van der Waals surface area contributed by atoms with Crippen LogP contribution in [0.15, 0.2) is 40.7 Å². The van der Waals surface area contributed by atoms with E-state index in [1.54, 1.807) is 0 Å². The molecule has 1 aromatic carbocycles. The molecule has 2 rings (SSSR count). The number of carbonyl (C=O) groups excluding carboxylic acids is 3. The Morgan fingerprint density at radius 3 is 2.19 bits per heavy atom. The van der Waals surface area contributed by atoms with E-state index in [2.05, 4.69) is 67.2 Å². The summed E-state index contributed by atoms with van der Waals surface area (Å²) in [4.78, 5) is 31.7. The molecule has 5 N–H and O–H groups in total. The van der Waals surface area contributed by atoms with Crippen molar-refractivity contribution in [2.75, 3.05) is 32.6 Å². The van der Waals surface area contributed by atoms with E-state index < -0.39 is 0 Å². The lowest BCUT2D eigenvalue weighted by Crippen LogP contribution is -2.30. The lowest BCUT2D eigenvalue weighted by molar-refractivity contribution is -0.107. The van der Waals surface area contributed by atoms with Crippen LogP contribution in [0.25, 0.3) is 0 Å². The topological polar surface area (TPSA) is 137 Å². The molecule has 1 unspecified atom stereocenters. The summed E-state index contributed by atoms with van der Waals surface area (Å²) in [5, 5.41) is 3.39. The first kappa shape index (κ1) is 38.0. The lowest BCUT2D eigenvalue weighted by Gasteiger charge is -2.30. The summed E-state index contributed by atoms with van der Waals surface area (Å²) in [5.74, 6) is 2.75. The molecule has 1 aliphatic heterocycles. The van der Waals surface area contributed by atoms with Gasteiger partial charge in [-0.25, -0.2) is 0 Å². The first-order valence-corrected chi connectivity index (χ1v) is 13.3. The van der Waals surface area contributed by atoms with E-state index in [0.29, 0.717) is 6.29 Å². The second kappa shape index (κ2) is 30.5. The highest BCUT2D eigenvalue weighted by Crippen LogP contribution is 2.33. The number of aryl methyl sites for hydroxylation is 1. The van der Waals surface area contributed by atoms with E-state index in [0.717, 1.165) is 49.5 Å². The van der Waals surface area contributed by atoms with Crippen LogP contribution in [0.5, 0.6) is 0 Å². The number of hydrogen-bond acceptors (Lipinski definition) is 7. The number of nitrogens with two attached hydrogens (primary N) is 2. The Bertz CT molecular complexity index is 672. The number of aliphatic imine (C=N–C) groups is 1. The minimum Gasteiger partial charge on any atom is -0.381 e. The van der Waals surface area contributed by atoms with Crippen LogP contribution in [0.4, 0.5) is 5.69 Å². The van der Waals surface area contributed by atoms with E-state index in [4.69, 9.17) is 19.1 Å². The minimum absolute atomic E-state index is 0.250. The number of nitrogens with one attached hydrogen (secondary N) is 1. The van der Waals surface area contributed by atoms with Gasteiger partial charge in [0.25, 0.3) is 0 Å². The number of allylic oxidation sites excluding steroid dienone is 1. The number of carbonyl (C=O) groups is 3. The van der Waals surface area contributed by atoms with Crippen molar-refractivity contribution in [2.45, 2.75) is 57.8 Å². The molecule has 1 heterocycles. The maximum atomic E-state index is 9.06. The van der Waals surface area contributed by atoms with Crippen LogP contribution in [0, 0.1) is 11.8 Å². The normalized spacial score (nSPS) is 12.7. The highest BCUT2D eigenvalue weighted by molar-refractivity contribution is 7.99. The lowest BCUT2D eigenvalue weighted by atomic mass is 9.83. The summed E-state index contributed by atoms with van der Waals surface area (Å²) in [6.07, 6.45) is 8.40. The van der Waals surface area contributed by atoms with E-state index >= 15 is 0 Å². The van der Waals surface area contributed by atoms with Crippen LogP contribution in [0.1, 0.15) is 52.0 Å². The van der Waals surface area contributed by atoms with Crippen LogP contribution >= 0.6 is 11.8 Å². The molecule has 1 atom stereocenters. The molecule has 2 amide bonds. The van der Waals surface area contributed by atoms with E-state index in [9.17, 15) is 0 Å². The SMILES string of the molecule is C=CC=O.C=Nc1ccc(CC)cc1SCCCC(CNC)C1CCOCC1.CC.NC=O.NC=O. The van der Waals surface area contributed by atoms with Crippen molar-refractivity contribution < 1.29 is 19.1 Å². The van der Waals surface area contributed by atoms with Gasteiger partial charge in [-0.3, -0.25) is 19.4 Å². The standard InChI is InChI=1S/C20H32N2OS.C3H4O.C2H6.2CH3NO/c1-4-16-7-8-19(22-3)20(14-16)24-13-5-6-18(15-21-2)17-9-11-23-12-10-17;1-2-3-4;1-2;2*2-1-3/h7-8,14,17-18,21H,3-6,9-13,15H2,1-2H3;2-3H,1H2;1-2H3;2*1H,(H2,2,3). The number of primary amides is 2. The van der Waals surface area contributed by atoms with Gasteiger partial charge >= 0.3 is 0 Å². The zero-order valence-corrected chi connectivity index (χ0v) is 23.4. The third-order valence-corrected chi connectivity index (χ3v) is 6.21. The predicted molar refractivity (Wildman–Crippen MR) is 154 cm³/mol. The van der Waals surface area contributed by atoms with Crippen LogP contribution in [0.2, 0.25) is 0 Å². The summed E-state index contributed by atoms with van der Waals surface area (Å²) in [5.41, 5.74) is 10.7. The van der Waals surface area contributed by atoms with Gasteiger partial charge in [-0.2, -0.15) is 0 Å². The molecular formula is C27H48N4O4S. The summed E-state index contributed by atoms with van der Waals surface area (Å²) in [6, 6.07) is 6.53. The Morgan fingerprint density at radius 1 is 1.19 bits per heavy atom. The monoisotopic (exact) mass is 524 g/mol. The molecule has 1 aromatic rings. The van der Waals surface area contributed by atoms with Gasteiger partial charge in [0, 0.05) is 18.1 Å². The molecule has 0 aliphatic carbocycles. The Morgan fingerprint density at radius 2 is 1.75 bits per heavy atom. The average Bonchev–Trinajstić information content (AvgIpc) is 2.93. The minimum atomic E-state index is 0.250. The van der Waals surface area contributed by atoms with Crippen molar-refractivity contribution in [3.8, 4) is 0 Å². The third kappa shape index (κ3) is 20.8. The Kier molecular flexibility index (Phi) is 32.3. The number of nitrogens with zero attached hydrogens (tertiary/aromatic N) is 1. The maximum absolute atomic E-state index is 9.06. The van der Waals surface area contributed by atoms with Gasteiger partial charge in [0.15, 0.2) is 0 Å². The highest BCUT2D eigenvalue weighted by Gasteiger charge is 2.23. The van der Waals surface area contributed by atoms with Crippen LogP contribution in [-0.2, 0) is 25.5 Å². The molecule has 0 radical (unpaired) electrons. The summed E-state index contributed by atoms with van der Waals surface area (Å²) in [7, 11) is 2.07. The van der Waals surface area contributed by atoms with E-state index in [-0.39, 0.29) is 12.8 Å². The molecule has 206 valence electrons. The zero-order valence-electron chi connectivity index (χ0n) is 22.6. The number of thioether (sulfide) groups is 1. The number of aldehydes is 1. The predicted octanol–water partition coefficient (Wildman–Crippen LogP) is 4.32. The largest absolute Gasteiger partial charge is 0.381 e. The van der Waals surface area contributed by atoms with Crippen molar-refractivity contribution >= 4 is 43.3 Å². The molecule has 1 saturated heterocycles. The van der Waals surface area contributed by atoms with Crippen molar-refractivity contribution in [2.24, 2.45) is 28.3 Å². The summed E-state index contributed by atoms with van der Waals surface area (Å²) in [6.45, 7) is 16.0. The summed E-state index contributed by atoms with van der Waals surface area (Å²) >= 11 is 1.93. The number of rotatable bonds is 11. The molecule has 1 fully saturated rings. The van der Waals surface area contributed by atoms with Gasteiger partial charge in [-0.1, -0.05) is 33.4 Å². The smallest absolute Gasteiger partial charge is 0.204 e. The van der Waals surface area contributed by atoms with Crippen LogP contribution < -0.4 is 16.8 Å². The number of amides is 2. The van der Waals surface area contributed by atoms with E-state index in [1.807, 2.05) is 25.6 Å². The first-order valence-electron chi connectivity index (χ1n) is 12.3. The Labute approximate surface area is 222 Å². The summed E-state index contributed by atoms with van der Waals surface area (Å²) < 4.78 is 5.52. The molecule has 9 heteroatoms. The molecule has 0 aromatic heterocycles. The van der Waals surface area contributed by atoms with Gasteiger partial charge in [0.1, 0.15) is 6.29 Å². The van der Waals surface area contributed by atoms with Crippen molar-refractivity contribution in [3.63, 3.8) is 0 Å². The fraction of sp³-hybridized carbons (Fsp3) is 0.556. The number of benzene rings is 1. The highest BCUT2D eigenvalue weighted by atomic mass is 32.2. The zero-order chi connectivity index (χ0) is 28.0. The van der Waals surface area contributed by atoms with Gasteiger partial charge in [-0.05, 0) is 93.8 Å². The van der Waals surface area contributed by atoms with Crippen LogP contribution in [-0.4, -0.2) is 58.4 Å². The van der Waals surface area contributed by atoms with Crippen molar-refractivity contribution in [1.82, 2.24) is 5.32 Å². The molecule has 0 spiro atoms. The van der Waals surface area contributed by atoms with E-state index in [1.165, 1.54) is 42.2 Å². The molecular weight excluding hydrogens is 476 g/mol. The van der Waals surface area contributed by atoms with Gasteiger partial charge in [-0.15, -0.1) is 11.8 Å². The van der Waals surface area contributed by atoms with Gasteiger partial charge in [0.2, 0.25) is 12.8 Å². The Balaban J connectivity index is -0.000000768. The second-order valence-corrected chi connectivity index (χ2v) is 8.35. The fourth-order valence-corrected chi connectivity index (χ4v) is 4.55. The fourth-order valence-electron chi connectivity index (χ4n) is 3.51. The molecule has 36 heavy (non-hydrogen) atoms. The van der Waals surface area contributed by atoms with Crippen molar-refractivity contribution in [1.29, 1.82) is 0 Å². The first-order chi connectivity index (χ1) is 17.5. The molecule has 0 bridgehead atoms. The quantitative estimate of drug-likeness (QED) is 0.130. The van der Waals surface area contributed by atoms with Gasteiger partial charge in [0.05, 0.1) is 5.69 Å².